The molecule has 1 aromatic rings. The molecular formula is C19H27BrN2O2. The molecular weight excluding hydrogens is 368 g/mol. The van der Waals surface area contributed by atoms with Crippen molar-refractivity contribution in [1.29, 1.82) is 0 Å². The minimum absolute atomic E-state index is 0.0682. The van der Waals surface area contributed by atoms with Crippen molar-refractivity contribution in [3.8, 4) is 0 Å². The van der Waals surface area contributed by atoms with Crippen molar-refractivity contribution < 1.29 is 9.59 Å². The van der Waals surface area contributed by atoms with Crippen molar-refractivity contribution >= 4 is 33.4 Å². The molecule has 0 aliphatic carbocycles. The Labute approximate surface area is 153 Å². The number of aryl methyl sites for hydroxylation is 1. The minimum atomic E-state index is -1.08. The van der Waals surface area contributed by atoms with Crippen molar-refractivity contribution in [2.45, 2.75) is 59.4 Å². The molecule has 1 unspecified atom stereocenters. The lowest BCUT2D eigenvalue weighted by Gasteiger charge is -2.39. The fraction of sp³-hybridized carbons (Fsp3) is 0.579. The highest BCUT2D eigenvalue weighted by atomic mass is 79.9. The van der Waals surface area contributed by atoms with Gasteiger partial charge < -0.3 is 10.2 Å². The summed E-state index contributed by atoms with van der Waals surface area (Å²) in [5.74, 6) is -0.320. The number of hydrogen-bond donors (Lipinski definition) is 1. The third-order valence-electron chi connectivity index (χ3n) is 4.90. The molecule has 1 saturated heterocycles. The Kier molecular flexibility index (Phi) is 6.07. The van der Waals surface area contributed by atoms with Crippen LogP contribution in [0.25, 0.3) is 0 Å². The average Bonchev–Trinajstić information content (AvgIpc) is 2.56. The molecule has 0 radical (unpaired) electrons. The van der Waals surface area contributed by atoms with E-state index in [1.54, 1.807) is 13.8 Å². The number of piperidine rings is 1. The molecule has 132 valence electrons. The Morgan fingerprint density at radius 1 is 1.33 bits per heavy atom. The third-order valence-corrected chi connectivity index (χ3v) is 5.39. The Bertz CT molecular complexity index is 628. The Morgan fingerprint density at radius 2 is 2.04 bits per heavy atom. The molecule has 4 nitrogen and oxygen atoms in total. The van der Waals surface area contributed by atoms with Crippen molar-refractivity contribution in [1.82, 2.24) is 4.90 Å². The Hall–Kier alpha value is -1.36. The van der Waals surface area contributed by atoms with E-state index in [-0.39, 0.29) is 17.9 Å². The molecule has 0 saturated carbocycles. The van der Waals surface area contributed by atoms with E-state index < -0.39 is 5.41 Å². The molecule has 1 atom stereocenters. The quantitative estimate of drug-likeness (QED) is 0.763. The van der Waals surface area contributed by atoms with Crippen LogP contribution in [0.1, 0.15) is 52.0 Å². The van der Waals surface area contributed by atoms with Gasteiger partial charge in [-0.25, -0.2) is 0 Å². The van der Waals surface area contributed by atoms with Gasteiger partial charge in [0, 0.05) is 22.7 Å². The van der Waals surface area contributed by atoms with Gasteiger partial charge in [-0.2, -0.15) is 0 Å². The lowest BCUT2D eigenvalue weighted by Crippen LogP contribution is -2.52. The van der Waals surface area contributed by atoms with E-state index >= 15 is 0 Å². The molecule has 1 heterocycles. The average molecular weight is 395 g/mol. The normalized spacial score (nSPS) is 18.4. The number of benzene rings is 1. The predicted octanol–water partition coefficient (Wildman–Crippen LogP) is 4.51. The van der Waals surface area contributed by atoms with Crippen LogP contribution in [-0.4, -0.2) is 29.3 Å². The summed E-state index contributed by atoms with van der Waals surface area (Å²) in [4.78, 5) is 27.7. The highest BCUT2D eigenvalue weighted by Crippen LogP contribution is 2.29. The monoisotopic (exact) mass is 394 g/mol. The van der Waals surface area contributed by atoms with Crippen molar-refractivity contribution in [3.63, 3.8) is 0 Å². The van der Waals surface area contributed by atoms with Crippen LogP contribution >= 0.6 is 15.9 Å². The van der Waals surface area contributed by atoms with E-state index in [2.05, 4.69) is 28.2 Å². The zero-order valence-corrected chi connectivity index (χ0v) is 16.6. The molecule has 0 bridgehead atoms. The summed E-state index contributed by atoms with van der Waals surface area (Å²) in [5, 5.41) is 2.92. The highest BCUT2D eigenvalue weighted by molar-refractivity contribution is 9.10. The number of carbonyl (C=O) groups excluding carboxylic acids is 2. The highest BCUT2D eigenvalue weighted by Gasteiger charge is 2.41. The van der Waals surface area contributed by atoms with Gasteiger partial charge in [0.25, 0.3) is 0 Å². The number of anilines is 1. The molecule has 2 amide bonds. The first-order valence-electron chi connectivity index (χ1n) is 8.66. The number of amides is 2. The molecule has 1 aliphatic heterocycles. The lowest BCUT2D eigenvalue weighted by atomic mass is 9.87. The molecule has 1 aromatic carbocycles. The van der Waals surface area contributed by atoms with Crippen LogP contribution in [-0.2, 0) is 9.59 Å². The predicted molar refractivity (Wildman–Crippen MR) is 101 cm³/mol. The zero-order chi connectivity index (χ0) is 17.9. The third kappa shape index (κ3) is 4.00. The zero-order valence-electron chi connectivity index (χ0n) is 15.0. The summed E-state index contributed by atoms with van der Waals surface area (Å²) >= 11 is 3.42. The number of carbonyl (C=O) groups is 2. The number of halogens is 1. The Morgan fingerprint density at radius 3 is 2.67 bits per heavy atom. The molecule has 1 N–H and O–H groups in total. The second kappa shape index (κ2) is 7.68. The summed E-state index contributed by atoms with van der Waals surface area (Å²) in [6.07, 6.45) is 4.15. The lowest BCUT2D eigenvalue weighted by molar-refractivity contribution is -0.149. The molecule has 2 rings (SSSR count). The van der Waals surface area contributed by atoms with Gasteiger partial charge in [0.1, 0.15) is 5.41 Å². The number of rotatable bonds is 4. The van der Waals surface area contributed by atoms with Gasteiger partial charge >= 0.3 is 0 Å². The van der Waals surface area contributed by atoms with Gasteiger partial charge in [-0.15, -0.1) is 0 Å². The van der Waals surface area contributed by atoms with E-state index in [0.29, 0.717) is 0 Å². The first-order chi connectivity index (χ1) is 11.3. The number of nitrogens with one attached hydrogen (secondary N) is 1. The van der Waals surface area contributed by atoms with Gasteiger partial charge in [0.15, 0.2) is 0 Å². The van der Waals surface area contributed by atoms with Gasteiger partial charge in [-0.3, -0.25) is 9.59 Å². The summed E-state index contributed by atoms with van der Waals surface area (Å²) in [6.45, 7) is 8.24. The number of nitrogens with zero attached hydrogens (tertiary/aromatic N) is 1. The minimum Gasteiger partial charge on any atom is -0.339 e. The Balaban J connectivity index is 2.15. The fourth-order valence-corrected chi connectivity index (χ4v) is 3.67. The van der Waals surface area contributed by atoms with Gasteiger partial charge in [0.2, 0.25) is 11.8 Å². The van der Waals surface area contributed by atoms with Crippen molar-refractivity contribution in [2.75, 3.05) is 11.9 Å². The maximum Gasteiger partial charge on any atom is 0.239 e. The van der Waals surface area contributed by atoms with Gasteiger partial charge in [-0.05, 0) is 70.2 Å². The number of hydrogen-bond acceptors (Lipinski definition) is 2. The second-order valence-electron chi connectivity index (χ2n) is 7.09. The van der Waals surface area contributed by atoms with Crippen LogP contribution < -0.4 is 5.32 Å². The van der Waals surface area contributed by atoms with Crippen LogP contribution in [0.4, 0.5) is 5.69 Å². The van der Waals surface area contributed by atoms with Crippen molar-refractivity contribution in [3.05, 3.63) is 28.2 Å². The van der Waals surface area contributed by atoms with Crippen LogP contribution in [0.5, 0.6) is 0 Å². The molecule has 1 fully saturated rings. The van der Waals surface area contributed by atoms with Crippen LogP contribution in [0, 0.1) is 12.3 Å². The largest absolute Gasteiger partial charge is 0.339 e. The molecule has 24 heavy (non-hydrogen) atoms. The fourth-order valence-electron chi connectivity index (χ4n) is 3.19. The SMILES string of the molecule is CCC1CCCCN1C(=O)C(C)(C)C(=O)Nc1ccc(Br)cc1C. The van der Waals surface area contributed by atoms with E-state index in [9.17, 15) is 9.59 Å². The maximum atomic E-state index is 13.0. The number of likely N-dealkylation sites (tertiary alicyclic amines) is 1. The van der Waals surface area contributed by atoms with Crippen LogP contribution in [0.3, 0.4) is 0 Å². The maximum absolute atomic E-state index is 13.0. The molecule has 0 aromatic heterocycles. The molecule has 0 spiro atoms. The van der Waals surface area contributed by atoms with Crippen LogP contribution in [0.2, 0.25) is 0 Å². The van der Waals surface area contributed by atoms with Crippen LogP contribution in [0.15, 0.2) is 22.7 Å². The van der Waals surface area contributed by atoms with Gasteiger partial charge in [-0.1, -0.05) is 22.9 Å². The second-order valence-corrected chi connectivity index (χ2v) is 8.01. The summed E-state index contributed by atoms with van der Waals surface area (Å²) < 4.78 is 0.965. The van der Waals surface area contributed by atoms with E-state index in [1.165, 1.54) is 0 Å². The van der Waals surface area contributed by atoms with Gasteiger partial charge in [0.05, 0.1) is 0 Å². The first kappa shape index (κ1) is 19.0. The summed E-state index contributed by atoms with van der Waals surface area (Å²) in [6, 6.07) is 5.94. The summed E-state index contributed by atoms with van der Waals surface area (Å²) in [5.41, 5.74) is 0.629. The smallest absolute Gasteiger partial charge is 0.239 e. The summed E-state index contributed by atoms with van der Waals surface area (Å²) in [7, 11) is 0. The van der Waals surface area contributed by atoms with E-state index in [4.69, 9.17) is 0 Å². The first-order valence-corrected chi connectivity index (χ1v) is 9.45. The van der Waals surface area contributed by atoms with Crippen molar-refractivity contribution in [2.24, 2.45) is 5.41 Å². The van der Waals surface area contributed by atoms with E-state index in [1.807, 2.05) is 30.0 Å². The standard InChI is InChI=1S/C19H27BrN2O2/c1-5-15-8-6-7-11-22(15)18(24)19(3,4)17(23)21-16-10-9-14(20)12-13(16)2/h9-10,12,15H,5-8,11H2,1-4H3,(H,21,23). The molecule has 5 heteroatoms. The van der Waals surface area contributed by atoms with E-state index in [0.717, 1.165) is 48.0 Å². The topological polar surface area (TPSA) is 49.4 Å². The molecule has 1 aliphatic rings.